The lowest BCUT2D eigenvalue weighted by molar-refractivity contribution is -0.238. The first-order valence-corrected chi connectivity index (χ1v) is 5.91. The summed E-state index contributed by atoms with van der Waals surface area (Å²) in [5, 5.41) is 37.4. The smallest absolute Gasteiger partial charge is 0.111 e. The van der Waals surface area contributed by atoms with Crippen LogP contribution < -0.4 is 0 Å². The van der Waals surface area contributed by atoms with E-state index in [0.29, 0.717) is 0 Å². The molecule has 0 unspecified atom stereocenters. The zero-order valence-electron chi connectivity index (χ0n) is 10.7. The van der Waals surface area contributed by atoms with Crippen molar-refractivity contribution in [2.24, 2.45) is 5.92 Å². The first kappa shape index (κ1) is 16.9. The third kappa shape index (κ3) is 4.56. The normalized spacial score (nSPS) is 37.5. The van der Waals surface area contributed by atoms with E-state index >= 15 is 0 Å². The Morgan fingerprint density at radius 2 is 1.59 bits per heavy atom. The molecule has 0 spiro atoms. The average Bonchev–Trinajstić information content (AvgIpc) is 2.27. The Bertz CT molecular complexity index is 200. The molecule has 0 bridgehead atoms. The first-order valence-electron chi connectivity index (χ1n) is 5.91. The molecule has 2 radical (unpaired) electrons. The number of aliphatic hydroxyl groups is 4. The SMILES string of the molecule is CC(C)[C@@H]1O[C@H](CO)[C@@H](O)[C@H](O)[C@H]1O.[B]CC. The zero-order valence-corrected chi connectivity index (χ0v) is 10.7. The molecular weight excluding hydrogens is 223 g/mol. The summed E-state index contributed by atoms with van der Waals surface area (Å²) >= 11 is 0. The molecule has 1 heterocycles. The van der Waals surface area contributed by atoms with Gasteiger partial charge in [-0.3, -0.25) is 0 Å². The van der Waals surface area contributed by atoms with Crippen LogP contribution >= 0.6 is 0 Å². The molecule has 0 aromatic rings. The Morgan fingerprint density at radius 1 is 1.12 bits per heavy atom. The summed E-state index contributed by atoms with van der Waals surface area (Å²) in [6, 6.07) is 0. The van der Waals surface area contributed by atoms with Crippen LogP contribution in [0.25, 0.3) is 0 Å². The highest BCUT2D eigenvalue weighted by Gasteiger charge is 2.44. The van der Waals surface area contributed by atoms with Crippen molar-refractivity contribution in [1.29, 1.82) is 0 Å². The molecule has 5 nitrogen and oxygen atoms in total. The summed E-state index contributed by atoms with van der Waals surface area (Å²) in [6.07, 6.45) is -4.21. The number of rotatable bonds is 2. The quantitative estimate of drug-likeness (QED) is 0.473. The lowest BCUT2D eigenvalue weighted by atomic mass is 9.90. The molecule has 1 aliphatic rings. The number of aliphatic hydroxyl groups excluding tert-OH is 4. The van der Waals surface area contributed by atoms with Crippen molar-refractivity contribution >= 4 is 7.85 Å². The van der Waals surface area contributed by atoms with E-state index in [4.69, 9.17) is 17.7 Å². The zero-order chi connectivity index (χ0) is 13.6. The minimum Gasteiger partial charge on any atom is -0.394 e. The Labute approximate surface area is 104 Å². The van der Waals surface area contributed by atoms with Gasteiger partial charge in [-0.25, -0.2) is 0 Å². The fourth-order valence-corrected chi connectivity index (χ4v) is 1.68. The maximum atomic E-state index is 9.57. The second-order valence-electron chi connectivity index (χ2n) is 4.45. The van der Waals surface area contributed by atoms with Crippen LogP contribution in [-0.2, 0) is 4.74 Å². The van der Waals surface area contributed by atoms with Gasteiger partial charge in [-0.05, 0) is 5.92 Å². The van der Waals surface area contributed by atoms with Crippen molar-refractivity contribution in [3.63, 3.8) is 0 Å². The largest absolute Gasteiger partial charge is 0.394 e. The van der Waals surface area contributed by atoms with Gasteiger partial charge in [0.15, 0.2) is 0 Å². The van der Waals surface area contributed by atoms with Crippen molar-refractivity contribution in [1.82, 2.24) is 0 Å². The molecule has 6 heteroatoms. The van der Waals surface area contributed by atoms with Crippen LogP contribution in [0.3, 0.4) is 0 Å². The second-order valence-corrected chi connectivity index (χ2v) is 4.45. The van der Waals surface area contributed by atoms with E-state index in [1.54, 1.807) is 0 Å². The van der Waals surface area contributed by atoms with Crippen molar-refractivity contribution in [2.45, 2.75) is 57.6 Å². The summed E-state index contributed by atoms with van der Waals surface area (Å²) in [7, 11) is 4.85. The van der Waals surface area contributed by atoms with E-state index in [1.165, 1.54) is 0 Å². The highest BCUT2D eigenvalue weighted by molar-refractivity contribution is 6.08. The fraction of sp³-hybridized carbons (Fsp3) is 1.00. The van der Waals surface area contributed by atoms with E-state index in [-0.39, 0.29) is 12.5 Å². The Balaban J connectivity index is 0.000000770. The van der Waals surface area contributed by atoms with Gasteiger partial charge in [-0.2, -0.15) is 0 Å². The molecule has 100 valence electrons. The van der Waals surface area contributed by atoms with E-state index in [9.17, 15) is 15.3 Å². The standard InChI is InChI=1S/C9H18O5.C2H5B/c1-4(2)9-8(13)7(12)6(11)5(3-10)14-9;1-2-3/h4-13H,3H2,1-2H3;2H2,1H3/t5-,6-,7+,8-,9+;/m1./s1. The molecular formula is C11H23BO5. The summed E-state index contributed by atoms with van der Waals surface area (Å²) in [4.78, 5) is 0. The topological polar surface area (TPSA) is 90.2 Å². The van der Waals surface area contributed by atoms with Gasteiger partial charge in [-0.15, -0.1) is 0 Å². The van der Waals surface area contributed by atoms with Gasteiger partial charge in [-0.1, -0.05) is 27.1 Å². The minimum atomic E-state index is -1.26. The fourth-order valence-electron chi connectivity index (χ4n) is 1.68. The molecule has 0 saturated carbocycles. The predicted octanol–water partition coefficient (Wildman–Crippen LogP) is -0.922. The Kier molecular flexibility index (Phi) is 7.99. The third-order valence-corrected chi connectivity index (χ3v) is 2.59. The minimum absolute atomic E-state index is 0.0150. The predicted molar refractivity (Wildman–Crippen MR) is 64.8 cm³/mol. The van der Waals surface area contributed by atoms with Crippen molar-refractivity contribution in [2.75, 3.05) is 6.61 Å². The molecule has 0 amide bonds. The van der Waals surface area contributed by atoms with E-state index in [2.05, 4.69) is 0 Å². The number of hydrogen-bond acceptors (Lipinski definition) is 5. The summed E-state index contributed by atoms with van der Waals surface area (Å²) in [5.74, 6) is 0.0150. The summed E-state index contributed by atoms with van der Waals surface area (Å²) < 4.78 is 5.28. The van der Waals surface area contributed by atoms with Gasteiger partial charge in [0.05, 0.1) is 20.6 Å². The maximum Gasteiger partial charge on any atom is 0.111 e. The van der Waals surface area contributed by atoms with Gasteiger partial charge < -0.3 is 25.2 Å². The van der Waals surface area contributed by atoms with Crippen LogP contribution in [-0.4, -0.2) is 65.4 Å². The third-order valence-electron chi connectivity index (χ3n) is 2.59. The van der Waals surface area contributed by atoms with Crippen LogP contribution in [0.5, 0.6) is 0 Å². The lowest BCUT2D eigenvalue weighted by Gasteiger charge is -2.41. The molecule has 4 N–H and O–H groups in total. The van der Waals surface area contributed by atoms with Gasteiger partial charge in [0.25, 0.3) is 0 Å². The van der Waals surface area contributed by atoms with Gasteiger partial charge in [0.2, 0.25) is 0 Å². The lowest BCUT2D eigenvalue weighted by Crippen LogP contribution is -2.59. The molecule has 17 heavy (non-hydrogen) atoms. The summed E-state index contributed by atoms with van der Waals surface area (Å²) in [6.45, 7) is 5.22. The molecule has 1 saturated heterocycles. The molecule has 1 fully saturated rings. The van der Waals surface area contributed by atoms with Crippen LogP contribution in [0.4, 0.5) is 0 Å². The number of hydrogen-bond donors (Lipinski definition) is 4. The first-order chi connectivity index (χ1) is 7.90. The van der Waals surface area contributed by atoms with E-state index < -0.39 is 30.5 Å². The van der Waals surface area contributed by atoms with Crippen LogP contribution in [0.15, 0.2) is 0 Å². The van der Waals surface area contributed by atoms with Gasteiger partial charge >= 0.3 is 0 Å². The van der Waals surface area contributed by atoms with Gasteiger partial charge in [0.1, 0.15) is 24.4 Å². The molecule has 0 aromatic carbocycles. The molecule has 1 aliphatic heterocycles. The molecule has 1 rings (SSSR count). The maximum absolute atomic E-state index is 9.57. The van der Waals surface area contributed by atoms with E-state index in [1.807, 2.05) is 20.8 Å². The second kappa shape index (κ2) is 8.05. The monoisotopic (exact) mass is 246 g/mol. The van der Waals surface area contributed by atoms with Crippen molar-refractivity contribution < 1.29 is 25.2 Å². The van der Waals surface area contributed by atoms with Crippen molar-refractivity contribution in [3.8, 4) is 0 Å². The van der Waals surface area contributed by atoms with E-state index in [0.717, 1.165) is 6.32 Å². The molecule has 0 aliphatic carbocycles. The molecule has 0 aromatic heterocycles. The Hall–Kier alpha value is -0.135. The van der Waals surface area contributed by atoms with Crippen LogP contribution in [0.1, 0.15) is 20.8 Å². The van der Waals surface area contributed by atoms with Crippen LogP contribution in [0.2, 0.25) is 6.32 Å². The van der Waals surface area contributed by atoms with Crippen LogP contribution in [0, 0.1) is 5.92 Å². The highest BCUT2D eigenvalue weighted by atomic mass is 16.5. The summed E-state index contributed by atoms with van der Waals surface area (Å²) in [5.41, 5.74) is 0. The van der Waals surface area contributed by atoms with Gasteiger partial charge in [0, 0.05) is 0 Å². The molecule has 5 atom stereocenters. The van der Waals surface area contributed by atoms with Crippen molar-refractivity contribution in [3.05, 3.63) is 0 Å². The average molecular weight is 246 g/mol. The highest BCUT2D eigenvalue weighted by Crippen LogP contribution is 2.25. The Morgan fingerprint density at radius 3 is 1.94 bits per heavy atom. The number of ether oxygens (including phenoxy) is 1.